The molecular weight excluding hydrogens is 422 g/mol. The molecule has 0 radical (unpaired) electrons. The molecule has 1 aromatic rings. The topological polar surface area (TPSA) is 71.0 Å². The van der Waals surface area contributed by atoms with Crippen LogP contribution < -0.4 is 5.32 Å². The maximum atomic E-state index is 12.9. The summed E-state index contributed by atoms with van der Waals surface area (Å²) in [7, 11) is 1.40. The monoisotopic (exact) mass is 455 g/mol. The maximum absolute atomic E-state index is 12.9. The predicted molar refractivity (Wildman–Crippen MR) is 130 cm³/mol. The van der Waals surface area contributed by atoms with Gasteiger partial charge in [-0.05, 0) is 34.8 Å². The van der Waals surface area contributed by atoms with Crippen LogP contribution in [0.4, 0.5) is 0 Å². The number of fused-ring (bicyclic) bond motifs is 1. The van der Waals surface area contributed by atoms with Crippen molar-refractivity contribution >= 4 is 28.8 Å². The van der Waals surface area contributed by atoms with Gasteiger partial charge in [0.05, 0.1) is 30.8 Å². The SMILES string of the molecule is CCC1=C(C(=O)OC)[C@H](c2ccc(C(C)C)cc2)N2C(CC(=O)NCC(C)C)=CSC2=N1. The third-order valence-electron chi connectivity index (χ3n) is 5.60. The molecule has 0 saturated heterocycles. The van der Waals surface area contributed by atoms with Crippen molar-refractivity contribution in [1.29, 1.82) is 0 Å². The zero-order valence-electron chi connectivity index (χ0n) is 19.8. The molecule has 32 heavy (non-hydrogen) atoms. The number of thioether (sulfide) groups is 1. The number of amides is 1. The summed E-state index contributed by atoms with van der Waals surface area (Å²) in [5.41, 5.74) is 4.31. The summed E-state index contributed by atoms with van der Waals surface area (Å²) in [5, 5.41) is 5.74. The minimum absolute atomic E-state index is 0.0365. The Hall–Kier alpha value is -2.54. The van der Waals surface area contributed by atoms with Crippen molar-refractivity contribution < 1.29 is 14.3 Å². The Balaban J connectivity index is 2.01. The van der Waals surface area contributed by atoms with Gasteiger partial charge in [-0.1, -0.05) is 70.6 Å². The lowest BCUT2D eigenvalue weighted by atomic mass is 9.91. The molecule has 0 spiro atoms. The van der Waals surface area contributed by atoms with Crippen LogP contribution in [0.5, 0.6) is 0 Å². The van der Waals surface area contributed by atoms with E-state index in [0.717, 1.165) is 22.1 Å². The Morgan fingerprint density at radius 2 is 1.88 bits per heavy atom. The van der Waals surface area contributed by atoms with Crippen molar-refractivity contribution in [2.75, 3.05) is 13.7 Å². The number of rotatable bonds is 8. The number of amidine groups is 1. The number of methoxy groups -OCH3 is 1. The Labute approximate surface area is 195 Å². The molecule has 1 aromatic carbocycles. The highest BCUT2D eigenvalue weighted by Gasteiger charge is 2.41. The van der Waals surface area contributed by atoms with E-state index >= 15 is 0 Å². The second kappa shape index (κ2) is 10.4. The minimum atomic E-state index is -0.386. The zero-order valence-corrected chi connectivity index (χ0v) is 20.6. The van der Waals surface area contributed by atoms with E-state index < -0.39 is 0 Å². The zero-order chi connectivity index (χ0) is 23.4. The van der Waals surface area contributed by atoms with Gasteiger partial charge in [0.1, 0.15) is 0 Å². The molecule has 1 N–H and O–H groups in total. The number of carbonyl (C=O) groups is 2. The van der Waals surface area contributed by atoms with Gasteiger partial charge in [0.25, 0.3) is 0 Å². The number of benzene rings is 1. The fraction of sp³-hybridized carbons (Fsp3) is 0.480. The lowest BCUT2D eigenvalue weighted by Gasteiger charge is -2.36. The van der Waals surface area contributed by atoms with E-state index in [0.29, 0.717) is 30.4 Å². The van der Waals surface area contributed by atoms with Crippen LogP contribution in [0.25, 0.3) is 0 Å². The van der Waals surface area contributed by atoms with Crippen LogP contribution in [0.3, 0.4) is 0 Å². The summed E-state index contributed by atoms with van der Waals surface area (Å²) in [6, 6.07) is 7.96. The average Bonchev–Trinajstić information content (AvgIpc) is 3.18. The fourth-order valence-electron chi connectivity index (χ4n) is 3.84. The smallest absolute Gasteiger partial charge is 0.338 e. The molecule has 0 unspecified atom stereocenters. The number of allylic oxidation sites excluding steroid dienone is 1. The van der Waals surface area contributed by atoms with Crippen LogP contribution in [-0.2, 0) is 14.3 Å². The first kappa shape index (κ1) is 24.1. The van der Waals surface area contributed by atoms with E-state index in [1.54, 1.807) is 0 Å². The second-order valence-corrected chi connectivity index (χ2v) is 9.63. The number of hydrogen-bond acceptors (Lipinski definition) is 6. The van der Waals surface area contributed by atoms with E-state index in [1.165, 1.54) is 24.4 Å². The molecule has 0 bridgehead atoms. The molecule has 0 aliphatic carbocycles. The third kappa shape index (κ3) is 5.09. The van der Waals surface area contributed by atoms with Gasteiger partial charge in [0, 0.05) is 12.2 Å². The molecule has 7 heteroatoms. The summed E-state index contributed by atoms with van der Waals surface area (Å²) in [6.45, 7) is 11.1. The quantitative estimate of drug-likeness (QED) is 0.552. The number of aliphatic imine (C=N–C) groups is 1. The summed E-state index contributed by atoms with van der Waals surface area (Å²) < 4.78 is 5.17. The Bertz CT molecular complexity index is 961. The first-order chi connectivity index (χ1) is 15.3. The molecule has 0 saturated carbocycles. The predicted octanol–water partition coefficient (Wildman–Crippen LogP) is 5.11. The standard InChI is InChI=1S/C25H33N3O3S/c1-7-20-22(24(30)31-6)23(18-10-8-17(9-11-18)16(4)5)28-19(14-32-25(28)27-20)12-21(29)26-13-15(2)3/h8-11,14-16,23H,7,12-13H2,1-6H3,(H,26,29)/t23-/m0/s1. The number of ether oxygens (including phenoxy) is 1. The summed E-state index contributed by atoms with van der Waals surface area (Å²) in [4.78, 5) is 32.3. The van der Waals surface area contributed by atoms with Gasteiger partial charge in [-0.3, -0.25) is 4.79 Å². The molecule has 1 amide bonds. The Morgan fingerprint density at radius 3 is 2.44 bits per heavy atom. The molecule has 0 aromatic heterocycles. The highest BCUT2D eigenvalue weighted by molar-refractivity contribution is 8.16. The molecule has 6 nitrogen and oxygen atoms in total. The highest BCUT2D eigenvalue weighted by Crippen LogP contribution is 2.45. The van der Waals surface area contributed by atoms with E-state index in [9.17, 15) is 9.59 Å². The summed E-state index contributed by atoms with van der Waals surface area (Å²) in [6.07, 6.45) is 0.850. The molecule has 0 fully saturated rings. The van der Waals surface area contributed by atoms with E-state index in [2.05, 4.69) is 57.3 Å². The van der Waals surface area contributed by atoms with E-state index in [4.69, 9.17) is 9.73 Å². The van der Waals surface area contributed by atoms with Crippen molar-refractivity contribution in [3.8, 4) is 0 Å². The van der Waals surface area contributed by atoms with Crippen LogP contribution in [0.2, 0.25) is 0 Å². The van der Waals surface area contributed by atoms with Gasteiger partial charge in [-0.2, -0.15) is 0 Å². The van der Waals surface area contributed by atoms with Gasteiger partial charge in [-0.15, -0.1) is 0 Å². The van der Waals surface area contributed by atoms with Crippen LogP contribution in [0.15, 0.2) is 51.6 Å². The molecule has 172 valence electrons. The van der Waals surface area contributed by atoms with Crippen molar-refractivity contribution in [3.63, 3.8) is 0 Å². The first-order valence-electron chi connectivity index (χ1n) is 11.2. The van der Waals surface area contributed by atoms with Gasteiger partial charge >= 0.3 is 5.97 Å². The van der Waals surface area contributed by atoms with Gasteiger partial charge in [0.2, 0.25) is 5.91 Å². The summed E-state index contributed by atoms with van der Waals surface area (Å²) in [5.74, 6) is 0.372. The molecule has 1 atom stereocenters. The van der Waals surface area contributed by atoms with Crippen LogP contribution in [-0.4, -0.2) is 35.6 Å². The van der Waals surface area contributed by atoms with Gasteiger partial charge in [0.15, 0.2) is 5.17 Å². The number of hydrogen-bond donors (Lipinski definition) is 1. The number of nitrogens with one attached hydrogen (secondary N) is 1. The fourth-order valence-corrected chi connectivity index (χ4v) is 4.77. The second-order valence-electron chi connectivity index (χ2n) is 8.80. The van der Waals surface area contributed by atoms with Crippen molar-refractivity contribution in [1.82, 2.24) is 10.2 Å². The Morgan fingerprint density at radius 1 is 1.19 bits per heavy atom. The largest absolute Gasteiger partial charge is 0.466 e. The maximum Gasteiger partial charge on any atom is 0.338 e. The van der Waals surface area contributed by atoms with Crippen LogP contribution >= 0.6 is 11.8 Å². The lowest BCUT2D eigenvalue weighted by Crippen LogP contribution is -2.38. The normalized spacial score (nSPS) is 18.0. The number of nitrogens with zero attached hydrogens (tertiary/aromatic N) is 2. The highest BCUT2D eigenvalue weighted by atomic mass is 32.2. The first-order valence-corrected chi connectivity index (χ1v) is 12.1. The van der Waals surface area contributed by atoms with Crippen molar-refractivity contribution in [2.45, 2.75) is 59.4 Å². The van der Waals surface area contributed by atoms with Gasteiger partial charge < -0.3 is 15.0 Å². The van der Waals surface area contributed by atoms with Crippen molar-refractivity contribution in [3.05, 3.63) is 57.8 Å². The minimum Gasteiger partial charge on any atom is -0.466 e. The number of carbonyl (C=O) groups excluding carboxylic acids is 2. The van der Waals surface area contributed by atoms with Crippen molar-refractivity contribution in [2.24, 2.45) is 10.9 Å². The van der Waals surface area contributed by atoms with E-state index in [-0.39, 0.29) is 24.3 Å². The Kier molecular flexibility index (Phi) is 7.82. The number of esters is 1. The van der Waals surface area contributed by atoms with E-state index in [1.807, 2.05) is 17.2 Å². The lowest BCUT2D eigenvalue weighted by molar-refractivity contribution is -0.136. The average molecular weight is 456 g/mol. The van der Waals surface area contributed by atoms with Gasteiger partial charge in [-0.25, -0.2) is 9.79 Å². The molecule has 2 aliphatic rings. The third-order valence-corrected chi connectivity index (χ3v) is 6.49. The van der Waals surface area contributed by atoms with Crippen LogP contribution in [0, 0.1) is 5.92 Å². The molecular formula is C25H33N3O3S. The molecule has 2 heterocycles. The molecule has 2 aliphatic heterocycles. The molecule has 3 rings (SSSR count). The van der Waals surface area contributed by atoms with Crippen LogP contribution in [0.1, 0.15) is 70.5 Å². The summed E-state index contributed by atoms with van der Waals surface area (Å²) >= 11 is 1.50.